The van der Waals surface area contributed by atoms with E-state index in [-0.39, 0.29) is 0 Å². The lowest BCUT2D eigenvalue weighted by atomic mass is 10.2. The summed E-state index contributed by atoms with van der Waals surface area (Å²) < 4.78 is 0. The summed E-state index contributed by atoms with van der Waals surface area (Å²) in [6.45, 7) is 4.26. The minimum absolute atomic E-state index is 0.942. The van der Waals surface area contributed by atoms with Crippen LogP contribution in [-0.2, 0) is 0 Å². The number of benzene rings is 1. The third kappa shape index (κ3) is 3.88. The number of thiocarbonyl (C=S) groups is 1. The second-order valence-corrected chi connectivity index (χ2v) is 4.01. The van der Waals surface area contributed by atoms with Crippen LogP contribution in [0.2, 0.25) is 0 Å². The Hall–Kier alpha value is -0.890. The first-order valence-electron chi connectivity index (χ1n) is 5.09. The lowest BCUT2D eigenvalue weighted by Crippen LogP contribution is -2.08. The van der Waals surface area contributed by atoms with Crippen LogP contribution in [0, 0.1) is 6.92 Å². The van der Waals surface area contributed by atoms with E-state index >= 15 is 0 Å². The first kappa shape index (κ1) is 11.2. The van der Waals surface area contributed by atoms with Crippen molar-refractivity contribution in [2.75, 3.05) is 5.32 Å². The van der Waals surface area contributed by atoms with Crippen LogP contribution in [-0.4, -0.2) is 4.99 Å². The van der Waals surface area contributed by atoms with E-state index in [1.807, 2.05) is 12.1 Å². The first-order chi connectivity index (χ1) is 6.72. The van der Waals surface area contributed by atoms with E-state index in [0.717, 1.165) is 23.5 Å². The summed E-state index contributed by atoms with van der Waals surface area (Å²) in [7, 11) is 0. The molecule has 1 rings (SSSR count). The van der Waals surface area contributed by atoms with Crippen molar-refractivity contribution in [3.05, 3.63) is 29.8 Å². The number of nitrogens with one attached hydrogen (secondary N) is 1. The van der Waals surface area contributed by atoms with E-state index < -0.39 is 0 Å². The highest BCUT2D eigenvalue weighted by molar-refractivity contribution is 7.80. The number of anilines is 1. The molecular formula is C12H17NS. The fraction of sp³-hybridized carbons (Fsp3) is 0.417. The van der Waals surface area contributed by atoms with Crippen LogP contribution in [0.3, 0.4) is 0 Å². The molecule has 0 aromatic heterocycles. The first-order valence-corrected chi connectivity index (χ1v) is 5.49. The fourth-order valence-corrected chi connectivity index (χ4v) is 1.55. The van der Waals surface area contributed by atoms with E-state index in [2.05, 4.69) is 31.3 Å². The van der Waals surface area contributed by atoms with Crippen molar-refractivity contribution >= 4 is 22.9 Å². The Labute approximate surface area is 91.5 Å². The van der Waals surface area contributed by atoms with Crippen LogP contribution in [0.4, 0.5) is 5.69 Å². The van der Waals surface area contributed by atoms with Crippen LogP contribution in [0.25, 0.3) is 0 Å². The number of unbranched alkanes of at least 4 members (excludes halogenated alkanes) is 1. The zero-order valence-corrected chi connectivity index (χ0v) is 9.66. The minimum atomic E-state index is 0.942. The average molecular weight is 207 g/mol. The van der Waals surface area contributed by atoms with Gasteiger partial charge in [-0.25, -0.2) is 0 Å². The van der Waals surface area contributed by atoms with Crippen molar-refractivity contribution in [3.63, 3.8) is 0 Å². The molecule has 1 aromatic rings. The van der Waals surface area contributed by atoms with Gasteiger partial charge in [-0.15, -0.1) is 0 Å². The Balaban J connectivity index is 2.47. The Kier molecular flexibility index (Phi) is 4.60. The summed E-state index contributed by atoms with van der Waals surface area (Å²) >= 11 is 5.23. The van der Waals surface area contributed by atoms with Gasteiger partial charge < -0.3 is 5.32 Å². The van der Waals surface area contributed by atoms with E-state index in [1.165, 1.54) is 12.0 Å². The standard InChI is InChI=1S/C12H17NS/c1-3-4-8-12(14)13-11-7-5-6-10(2)9-11/h5-7,9H,3-4,8H2,1-2H3,(H,13,14). The maximum absolute atomic E-state index is 5.23. The lowest BCUT2D eigenvalue weighted by Gasteiger charge is -2.07. The Morgan fingerprint density at radius 1 is 1.43 bits per heavy atom. The minimum Gasteiger partial charge on any atom is -0.350 e. The maximum atomic E-state index is 5.23. The molecule has 1 nitrogen and oxygen atoms in total. The average Bonchev–Trinajstić information content (AvgIpc) is 2.15. The molecule has 14 heavy (non-hydrogen) atoms. The van der Waals surface area contributed by atoms with Gasteiger partial charge in [-0.2, -0.15) is 0 Å². The predicted molar refractivity (Wildman–Crippen MR) is 66.9 cm³/mol. The zero-order chi connectivity index (χ0) is 10.4. The molecule has 0 fully saturated rings. The fourth-order valence-electron chi connectivity index (χ4n) is 1.28. The van der Waals surface area contributed by atoms with Gasteiger partial charge in [0.05, 0.1) is 4.99 Å². The molecule has 0 saturated heterocycles. The van der Waals surface area contributed by atoms with Gasteiger partial charge >= 0.3 is 0 Å². The smallest absolute Gasteiger partial charge is 0.0797 e. The predicted octanol–water partition coefficient (Wildman–Crippen LogP) is 3.92. The molecule has 0 aliphatic heterocycles. The van der Waals surface area contributed by atoms with Gasteiger partial charge in [-0.05, 0) is 37.5 Å². The van der Waals surface area contributed by atoms with Gasteiger partial charge in [-0.3, -0.25) is 0 Å². The molecular weight excluding hydrogens is 190 g/mol. The third-order valence-electron chi connectivity index (χ3n) is 2.06. The molecule has 1 aromatic carbocycles. The van der Waals surface area contributed by atoms with Gasteiger partial charge in [-0.1, -0.05) is 37.7 Å². The molecule has 0 unspecified atom stereocenters. The van der Waals surface area contributed by atoms with Gasteiger partial charge in [0.1, 0.15) is 0 Å². The summed E-state index contributed by atoms with van der Waals surface area (Å²) in [4.78, 5) is 0.942. The molecule has 0 atom stereocenters. The summed E-state index contributed by atoms with van der Waals surface area (Å²) in [6, 6.07) is 8.28. The normalized spacial score (nSPS) is 9.86. The van der Waals surface area contributed by atoms with Gasteiger partial charge in [0, 0.05) is 5.69 Å². The molecule has 0 aliphatic rings. The van der Waals surface area contributed by atoms with E-state index in [0.29, 0.717) is 0 Å². The second kappa shape index (κ2) is 5.76. The zero-order valence-electron chi connectivity index (χ0n) is 8.84. The largest absolute Gasteiger partial charge is 0.350 e. The van der Waals surface area contributed by atoms with Crippen molar-refractivity contribution in [1.82, 2.24) is 0 Å². The molecule has 0 radical (unpaired) electrons. The molecule has 2 heteroatoms. The quantitative estimate of drug-likeness (QED) is 0.751. The third-order valence-corrected chi connectivity index (χ3v) is 2.37. The SMILES string of the molecule is CCCCC(=S)Nc1cccc(C)c1. The lowest BCUT2D eigenvalue weighted by molar-refractivity contribution is 0.839. The van der Waals surface area contributed by atoms with Crippen molar-refractivity contribution < 1.29 is 0 Å². The molecule has 0 spiro atoms. The molecule has 0 bridgehead atoms. The van der Waals surface area contributed by atoms with Crippen molar-refractivity contribution in [2.45, 2.75) is 33.1 Å². The molecule has 0 amide bonds. The highest BCUT2D eigenvalue weighted by Gasteiger charge is 1.96. The Morgan fingerprint density at radius 2 is 2.21 bits per heavy atom. The van der Waals surface area contributed by atoms with Crippen LogP contribution < -0.4 is 5.32 Å². The van der Waals surface area contributed by atoms with Crippen LogP contribution in [0.1, 0.15) is 31.7 Å². The van der Waals surface area contributed by atoms with Crippen LogP contribution in [0.15, 0.2) is 24.3 Å². The second-order valence-electron chi connectivity index (χ2n) is 3.52. The highest BCUT2D eigenvalue weighted by Crippen LogP contribution is 2.10. The Morgan fingerprint density at radius 3 is 2.86 bits per heavy atom. The van der Waals surface area contributed by atoms with E-state index in [1.54, 1.807) is 0 Å². The molecule has 1 N–H and O–H groups in total. The van der Waals surface area contributed by atoms with Gasteiger partial charge in [0.2, 0.25) is 0 Å². The van der Waals surface area contributed by atoms with E-state index in [9.17, 15) is 0 Å². The number of hydrogen-bond acceptors (Lipinski definition) is 1. The van der Waals surface area contributed by atoms with Gasteiger partial charge in [0.25, 0.3) is 0 Å². The molecule has 0 saturated carbocycles. The topological polar surface area (TPSA) is 12.0 Å². The van der Waals surface area contributed by atoms with Crippen molar-refractivity contribution in [3.8, 4) is 0 Å². The Bertz CT molecular complexity index is 307. The number of hydrogen-bond donors (Lipinski definition) is 1. The van der Waals surface area contributed by atoms with Crippen LogP contribution >= 0.6 is 12.2 Å². The summed E-state index contributed by atoms with van der Waals surface area (Å²) in [5.74, 6) is 0. The molecule has 0 heterocycles. The van der Waals surface area contributed by atoms with Crippen molar-refractivity contribution in [2.24, 2.45) is 0 Å². The molecule has 0 aliphatic carbocycles. The summed E-state index contributed by atoms with van der Waals surface area (Å²) in [6.07, 6.45) is 3.34. The number of rotatable bonds is 4. The maximum Gasteiger partial charge on any atom is 0.0797 e. The summed E-state index contributed by atoms with van der Waals surface area (Å²) in [5.41, 5.74) is 2.36. The number of aryl methyl sites for hydroxylation is 1. The van der Waals surface area contributed by atoms with Gasteiger partial charge in [0.15, 0.2) is 0 Å². The van der Waals surface area contributed by atoms with Crippen molar-refractivity contribution in [1.29, 1.82) is 0 Å². The van der Waals surface area contributed by atoms with Crippen LogP contribution in [0.5, 0.6) is 0 Å². The monoisotopic (exact) mass is 207 g/mol. The highest BCUT2D eigenvalue weighted by atomic mass is 32.1. The summed E-state index contributed by atoms with van der Waals surface area (Å²) in [5, 5.41) is 3.25. The van der Waals surface area contributed by atoms with E-state index in [4.69, 9.17) is 12.2 Å². The molecule has 76 valence electrons.